The van der Waals surface area contributed by atoms with Gasteiger partial charge in [-0.05, 0) is 35.9 Å². The van der Waals surface area contributed by atoms with Crippen molar-refractivity contribution in [3.05, 3.63) is 71.4 Å². The van der Waals surface area contributed by atoms with E-state index in [1.165, 1.54) is 13.2 Å². The Morgan fingerprint density at radius 1 is 1.16 bits per heavy atom. The number of rotatable bonds is 5. The smallest absolute Gasteiger partial charge is 0.251 e. The maximum Gasteiger partial charge on any atom is 0.251 e. The Kier molecular flexibility index (Phi) is 4.74. The number of nitrogens with one attached hydrogen (secondary N) is 2. The number of H-pyrrole nitrogens is 1. The minimum Gasteiger partial charge on any atom is -0.494 e. The lowest BCUT2D eigenvalue weighted by Crippen LogP contribution is -2.24. The second-order valence-electron chi connectivity index (χ2n) is 5.27. The van der Waals surface area contributed by atoms with Gasteiger partial charge >= 0.3 is 0 Å². The van der Waals surface area contributed by atoms with Crippen molar-refractivity contribution in [2.24, 2.45) is 0 Å². The zero-order valence-electron chi connectivity index (χ0n) is 13.3. The first-order chi connectivity index (χ1) is 12.1. The SMILES string of the molecule is COc1ccc(F)c(CNC(=O)c2ccc(-c3ccn[nH]3)cc2)c1F. The molecule has 3 aromatic rings. The van der Waals surface area contributed by atoms with Gasteiger partial charge in [0.2, 0.25) is 0 Å². The first-order valence-corrected chi connectivity index (χ1v) is 7.49. The summed E-state index contributed by atoms with van der Waals surface area (Å²) in [5.74, 6) is -2.07. The summed E-state index contributed by atoms with van der Waals surface area (Å²) in [5.41, 5.74) is 1.83. The molecule has 1 aromatic heterocycles. The molecule has 0 spiro atoms. The van der Waals surface area contributed by atoms with Crippen molar-refractivity contribution in [3.63, 3.8) is 0 Å². The van der Waals surface area contributed by atoms with E-state index in [1.807, 2.05) is 6.07 Å². The molecule has 0 aliphatic carbocycles. The van der Waals surface area contributed by atoms with Gasteiger partial charge in [-0.25, -0.2) is 8.78 Å². The fourth-order valence-electron chi connectivity index (χ4n) is 2.38. The summed E-state index contributed by atoms with van der Waals surface area (Å²) in [7, 11) is 1.29. The molecule has 0 saturated carbocycles. The summed E-state index contributed by atoms with van der Waals surface area (Å²) < 4.78 is 32.7. The van der Waals surface area contributed by atoms with E-state index in [0.717, 1.165) is 17.3 Å². The maximum absolute atomic E-state index is 14.1. The van der Waals surface area contributed by atoms with Crippen molar-refractivity contribution in [1.82, 2.24) is 15.5 Å². The summed E-state index contributed by atoms with van der Waals surface area (Å²) in [6.07, 6.45) is 1.63. The van der Waals surface area contributed by atoms with E-state index in [0.29, 0.717) is 5.56 Å². The number of aromatic nitrogens is 2. The van der Waals surface area contributed by atoms with E-state index >= 15 is 0 Å². The summed E-state index contributed by atoms with van der Waals surface area (Å²) in [5, 5.41) is 9.20. The monoisotopic (exact) mass is 343 g/mol. The third-order valence-corrected chi connectivity index (χ3v) is 3.76. The first kappa shape index (κ1) is 16.6. The third kappa shape index (κ3) is 3.50. The molecule has 2 aromatic carbocycles. The molecule has 1 heterocycles. The molecule has 7 heteroatoms. The zero-order valence-corrected chi connectivity index (χ0v) is 13.3. The van der Waals surface area contributed by atoms with Crippen LogP contribution in [0.5, 0.6) is 5.75 Å². The van der Waals surface area contributed by atoms with Gasteiger partial charge in [0.05, 0.1) is 12.8 Å². The standard InChI is InChI=1S/C18H15F2N3O2/c1-25-16-7-6-14(19)13(17(16)20)10-21-18(24)12-4-2-11(3-5-12)15-8-9-22-23-15/h2-9H,10H2,1H3,(H,21,24)(H,22,23). The Morgan fingerprint density at radius 3 is 2.56 bits per heavy atom. The molecular weight excluding hydrogens is 328 g/mol. The zero-order chi connectivity index (χ0) is 17.8. The average Bonchev–Trinajstić information content (AvgIpc) is 3.16. The van der Waals surface area contributed by atoms with Gasteiger partial charge in [0.1, 0.15) is 5.82 Å². The number of hydrogen-bond acceptors (Lipinski definition) is 3. The van der Waals surface area contributed by atoms with Crippen LogP contribution in [-0.2, 0) is 6.54 Å². The van der Waals surface area contributed by atoms with Gasteiger partial charge in [0, 0.05) is 23.9 Å². The molecule has 25 heavy (non-hydrogen) atoms. The van der Waals surface area contributed by atoms with E-state index in [-0.39, 0.29) is 17.9 Å². The number of halogens is 2. The van der Waals surface area contributed by atoms with Crippen molar-refractivity contribution < 1.29 is 18.3 Å². The Balaban J connectivity index is 1.71. The predicted molar refractivity (Wildman–Crippen MR) is 88.1 cm³/mol. The molecule has 2 N–H and O–H groups in total. The fraction of sp³-hybridized carbons (Fsp3) is 0.111. The van der Waals surface area contributed by atoms with Gasteiger partial charge in [0.15, 0.2) is 11.6 Å². The van der Waals surface area contributed by atoms with Crippen molar-refractivity contribution in [2.45, 2.75) is 6.54 Å². The Labute approximate surface area is 142 Å². The van der Waals surface area contributed by atoms with Crippen LogP contribution in [0.2, 0.25) is 0 Å². The van der Waals surface area contributed by atoms with Crippen LogP contribution in [0.1, 0.15) is 15.9 Å². The number of methoxy groups -OCH3 is 1. The molecule has 0 radical (unpaired) electrons. The maximum atomic E-state index is 14.1. The van der Waals surface area contributed by atoms with E-state index in [9.17, 15) is 13.6 Å². The van der Waals surface area contributed by atoms with Crippen molar-refractivity contribution in [2.75, 3.05) is 7.11 Å². The second-order valence-corrected chi connectivity index (χ2v) is 5.27. The highest BCUT2D eigenvalue weighted by molar-refractivity contribution is 5.94. The van der Waals surface area contributed by atoms with Gasteiger partial charge in [-0.15, -0.1) is 0 Å². The van der Waals surface area contributed by atoms with Crippen LogP contribution in [0.15, 0.2) is 48.7 Å². The van der Waals surface area contributed by atoms with Crippen molar-refractivity contribution in [3.8, 4) is 17.0 Å². The number of aromatic amines is 1. The van der Waals surface area contributed by atoms with Gasteiger partial charge in [-0.2, -0.15) is 5.10 Å². The highest BCUT2D eigenvalue weighted by Crippen LogP contribution is 2.23. The number of ether oxygens (including phenoxy) is 1. The average molecular weight is 343 g/mol. The molecule has 1 amide bonds. The van der Waals surface area contributed by atoms with Crippen LogP contribution >= 0.6 is 0 Å². The number of carbonyl (C=O) groups is 1. The predicted octanol–water partition coefficient (Wildman–Crippen LogP) is 3.29. The van der Waals surface area contributed by atoms with Gasteiger partial charge in [0.25, 0.3) is 5.91 Å². The highest BCUT2D eigenvalue weighted by Gasteiger charge is 2.15. The first-order valence-electron chi connectivity index (χ1n) is 7.49. The molecule has 0 saturated heterocycles. The molecule has 128 valence electrons. The topological polar surface area (TPSA) is 67.0 Å². The summed E-state index contributed by atoms with van der Waals surface area (Å²) in [4.78, 5) is 12.2. The minimum atomic E-state index is -0.822. The third-order valence-electron chi connectivity index (χ3n) is 3.76. The highest BCUT2D eigenvalue weighted by atomic mass is 19.1. The van der Waals surface area contributed by atoms with E-state index in [4.69, 9.17) is 4.74 Å². The van der Waals surface area contributed by atoms with Crippen LogP contribution < -0.4 is 10.1 Å². The van der Waals surface area contributed by atoms with Gasteiger partial charge in [-0.3, -0.25) is 9.89 Å². The lowest BCUT2D eigenvalue weighted by atomic mass is 10.1. The molecule has 0 aliphatic rings. The van der Waals surface area contributed by atoms with Crippen LogP contribution in [0.3, 0.4) is 0 Å². The molecule has 0 aliphatic heterocycles. The molecule has 3 rings (SSSR count). The lowest BCUT2D eigenvalue weighted by Gasteiger charge is -2.10. The van der Waals surface area contributed by atoms with Crippen LogP contribution in [-0.4, -0.2) is 23.2 Å². The summed E-state index contributed by atoms with van der Waals surface area (Å²) >= 11 is 0. The molecule has 0 atom stereocenters. The van der Waals surface area contributed by atoms with Crippen molar-refractivity contribution >= 4 is 5.91 Å². The number of amides is 1. The Hall–Kier alpha value is -3.22. The van der Waals surface area contributed by atoms with Crippen molar-refractivity contribution in [1.29, 1.82) is 0 Å². The van der Waals surface area contributed by atoms with Crippen LogP contribution in [0.4, 0.5) is 8.78 Å². The van der Waals surface area contributed by atoms with E-state index < -0.39 is 17.5 Å². The number of benzene rings is 2. The molecular formula is C18H15F2N3O2. The lowest BCUT2D eigenvalue weighted by molar-refractivity contribution is 0.0950. The molecule has 0 fully saturated rings. The van der Waals surface area contributed by atoms with Crippen LogP contribution in [0, 0.1) is 11.6 Å². The quantitative estimate of drug-likeness (QED) is 0.747. The normalized spacial score (nSPS) is 10.5. The van der Waals surface area contributed by atoms with E-state index in [1.54, 1.807) is 30.5 Å². The second kappa shape index (κ2) is 7.12. The summed E-state index contributed by atoms with van der Waals surface area (Å²) in [6, 6.07) is 10.9. The largest absolute Gasteiger partial charge is 0.494 e. The van der Waals surface area contributed by atoms with Gasteiger partial charge in [-0.1, -0.05) is 12.1 Å². The Morgan fingerprint density at radius 2 is 1.92 bits per heavy atom. The Bertz CT molecular complexity index is 878. The van der Waals surface area contributed by atoms with Crippen LogP contribution in [0.25, 0.3) is 11.3 Å². The van der Waals surface area contributed by atoms with E-state index in [2.05, 4.69) is 15.5 Å². The fourth-order valence-corrected chi connectivity index (χ4v) is 2.38. The molecule has 5 nitrogen and oxygen atoms in total. The van der Waals surface area contributed by atoms with Gasteiger partial charge < -0.3 is 10.1 Å². The number of nitrogens with zero attached hydrogens (tertiary/aromatic N) is 1. The minimum absolute atomic E-state index is 0.0745. The number of hydrogen-bond donors (Lipinski definition) is 2. The summed E-state index contributed by atoms with van der Waals surface area (Å²) in [6.45, 7) is -0.282. The number of carbonyl (C=O) groups excluding carboxylic acids is 1. The molecule has 0 bridgehead atoms. The molecule has 0 unspecified atom stereocenters.